The molecule has 1 unspecified atom stereocenters. The summed E-state index contributed by atoms with van der Waals surface area (Å²) in [5, 5.41) is 0. The number of nitrogens with zero attached hydrogens (tertiary/aromatic N) is 1. The van der Waals surface area contributed by atoms with E-state index in [0.717, 1.165) is 22.3 Å². The lowest BCUT2D eigenvalue weighted by Gasteiger charge is -2.26. The van der Waals surface area contributed by atoms with Crippen molar-refractivity contribution in [1.29, 1.82) is 0 Å². The number of carbonyl (C=O) groups is 1. The summed E-state index contributed by atoms with van der Waals surface area (Å²) in [5.41, 5.74) is 5.46. The summed E-state index contributed by atoms with van der Waals surface area (Å²) in [7, 11) is 0. The molecule has 2 nitrogen and oxygen atoms in total. The van der Waals surface area contributed by atoms with E-state index in [1.807, 2.05) is 41.3 Å². The maximum Gasteiger partial charge on any atom is 0.255 e. The Morgan fingerprint density at radius 1 is 0.833 bits per heavy atom. The Labute approximate surface area is 142 Å². The Bertz CT molecular complexity index is 868. The average Bonchev–Trinajstić information content (AvgIpc) is 2.89. The first-order chi connectivity index (χ1) is 11.7. The normalized spacial score (nSPS) is 16.3. The van der Waals surface area contributed by atoms with E-state index in [1.54, 1.807) is 0 Å². The molecule has 0 fully saturated rings. The van der Waals surface area contributed by atoms with Crippen molar-refractivity contribution in [2.75, 3.05) is 0 Å². The maximum atomic E-state index is 13.0. The van der Waals surface area contributed by atoms with Crippen molar-refractivity contribution < 1.29 is 4.79 Å². The second-order valence-corrected chi connectivity index (χ2v) is 6.32. The summed E-state index contributed by atoms with van der Waals surface area (Å²) in [6, 6.07) is 26.6. The van der Waals surface area contributed by atoms with Crippen LogP contribution < -0.4 is 0 Å². The number of carbonyl (C=O) groups excluding carboxylic acids is 1. The van der Waals surface area contributed by atoms with Gasteiger partial charge in [-0.2, -0.15) is 0 Å². The minimum atomic E-state index is -0.0190. The van der Waals surface area contributed by atoms with Gasteiger partial charge < -0.3 is 4.90 Å². The Morgan fingerprint density at radius 3 is 2.25 bits per heavy atom. The topological polar surface area (TPSA) is 20.3 Å². The van der Waals surface area contributed by atoms with E-state index in [1.165, 1.54) is 5.56 Å². The van der Waals surface area contributed by atoms with Crippen LogP contribution in [0.3, 0.4) is 0 Å². The van der Waals surface area contributed by atoms with E-state index in [-0.39, 0.29) is 11.9 Å². The van der Waals surface area contributed by atoms with Crippen LogP contribution in [0.2, 0.25) is 0 Å². The third-order valence-corrected chi connectivity index (χ3v) is 4.65. The zero-order valence-electron chi connectivity index (χ0n) is 13.6. The number of benzene rings is 3. The van der Waals surface area contributed by atoms with E-state index < -0.39 is 0 Å². The quantitative estimate of drug-likeness (QED) is 0.684. The highest BCUT2D eigenvalue weighted by atomic mass is 16.2. The van der Waals surface area contributed by atoms with Crippen molar-refractivity contribution in [1.82, 2.24) is 4.90 Å². The standard InChI is InChI=1S/C22H19NO/c1-16-11-13-18(14-12-16)21-19-9-5-6-10-20(19)22(24)23(21)15-17-7-3-2-4-8-17/h2-14,21H,15H2,1H3. The van der Waals surface area contributed by atoms with Crippen LogP contribution in [0.1, 0.15) is 38.7 Å². The van der Waals surface area contributed by atoms with Gasteiger partial charge in [0.2, 0.25) is 0 Å². The van der Waals surface area contributed by atoms with Gasteiger partial charge in [0.1, 0.15) is 0 Å². The smallest absolute Gasteiger partial charge is 0.255 e. The van der Waals surface area contributed by atoms with Gasteiger partial charge in [0.15, 0.2) is 0 Å². The van der Waals surface area contributed by atoms with Crippen LogP contribution in [0.15, 0.2) is 78.9 Å². The predicted molar refractivity (Wildman–Crippen MR) is 95.8 cm³/mol. The number of rotatable bonds is 3. The Balaban J connectivity index is 1.79. The van der Waals surface area contributed by atoms with E-state index in [2.05, 4.69) is 49.4 Å². The molecular formula is C22H19NO. The molecule has 0 radical (unpaired) electrons. The van der Waals surface area contributed by atoms with Crippen LogP contribution in [0.5, 0.6) is 0 Å². The molecule has 1 heterocycles. The Morgan fingerprint density at radius 2 is 1.50 bits per heavy atom. The van der Waals surface area contributed by atoms with Crippen LogP contribution >= 0.6 is 0 Å². The molecule has 3 aromatic carbocycles. The first kappa shape index (κ1) is 14.7. The maximum absolute atomic E-state index is 13.0. The molecule has 2 heteroatoms. The molecule has 4 rings (SSSR count). The number of amides is 1. The SMILES string of the molecule is Cc1ccc(C2c3ccccc3C(=O)N2Cc2ccccc2)cc1. The zero-order valence-corrected chi connectivity index (χ0v) is 13.6. The third kappa shape index (κ3) is 2.50. The summed E-state index contributed by atoms with van der Waals surface area (Å²) in [6.45, 7) is 2.70. The minimum absolute atomic E-state index is 0.0190. The van der Waals surface area contributed by atoms with Crippen molar-refractivity contribution in [3.05, 3.63) is 107 Å². The van der Waals surface area contributed by atoms with E-state index in [4.69, 9.17) is 0 Å². The number of hydrogen-bond donors (Lipinski definition) is 0. The van der Waals surface area contributed by atoms with Gasteiger partial charge >= 0.3 is 0 Å². The Kier molecular flexibility index (Phi) is 3.66. The molecule has 0 bridgehead atoms. The molecule has 0 aromatic heterocycles. The van der Waals surface area contributed by atoms with Crippen molar-refractivity contribution in [2.45, 2.75) is 19.5 Å². The van der Waals surface area contributed by atoms with Crippen LogP contribution in [-0.4, -0.2) is 10.8 Å². The van der Waals surface area contributed by atoms with Crippen molar-refractivity contribution >= 4 is 5.91 Å². The van der Waals surface area contributed by atoms with Crippen LogP contribution in [-0.2, 0) is 6.54 Å². The fraction of sp³-hybridized carbons (Fsp3) is 0.136. The van der Waals surface area contributed by atoms with Crippen molar-refractivity contribution in [2.24, 2.45) is 0 Å². The molecule has 0 N–H and O–H groups in total. The van der Waals surface area contributed by atoms with Crippen LogP contribution in [0.25, 0.3) is 0 Å². The first-order valence-corrected chi connectivity index (χ1v) is 8.24. The average molecular weight is 313 g/mol. The highest BCUT2D eigenvalue weighted by Crippen LogP contribution is 2.39. The molecule has 1 aliphatic heterocycles. The van der Waals surface area contributed by atoms with Crippen molar-refractivity contribution in [3.8, 4) is 0 Å². The van der Waals surface area contributed by atoms with Crippen LogP contribution in [0.4, 0.5) is 0 Å². The molecule has 3 aromatic rings. The minimum Gasteiger partial charge on any atom is -0.323 e. The zero-order chi connectivity index (χ0) is 16.5. The largest absolute Gasteiger partial charge is 0.323 e. The van der Waals surface area contributed by atoms with Gasteiger partial charge in [0.25, 0.3) is 5.91 Å². The summed E-state index contributed by atoms with van der Waals surface area (Å²) < 4.78 is 0. The summed E-state index contributed by atoms with van der Waals surface area (Å²) in [5.74, 6) is 0.111. The second-order valence-electron chi connectivity index (χ2n) is 6.32. The molecule has 0 aliphatic carbocycles. The van der Waals surface area contributed by atoms with Crippen LogP contribution in [0, 0.1) is 6.92 Å². The summed E-state index contributed by atoms with van der Waals surface area (Å²) in [6.07, 6.45) is 0. The monoisotopic (exact) mass is 313 g/mol. The summed E-state index contributed by atoms with van der Waals surface area (Å²) >= 11 is 0. The van der Waals surface area contributed by atoms with Gasteiger partial charge in [-0.1, -0.05) is 78.4 Å². The lowest BCUT2D eigenvalue weighted by Crippen LogP contribution is -2.28. The second kappa shape index (κ2) is 5.97. The fourth-order valence-electron chi connectivity index (χ4n) is 3.42. The first-order valence-electron chi connectivity index (χ1n) is 8.24. The van der Waals surface area contributed by atoms with Crippen molar-refractivity contribution in [3.63, 3.8) is 0 Å². The molecular weight excluding hydrogens is 294 g/mol. The molecule has 1 atom stereocenters. The van der Waals surface area contributed by atoms with Gasteiger partial charge in [0.05, 0.1) is 6.04 Å². The molecule has 0 saturated heterocycles. The molecule has 0 saturated carbocycles. The van der Waals surface area contributed by atoms with E-state index in [0.29, 0.717) is 6.54 Å². The lowest BCUT2D eigenvalue weighted by molar-refractivity contribution is 0.0736. The number of fused-ring (bicyclic) bond motifs is 1. The lowest BCUT2D eigenvalue weighted by atomic mass is 9.97. The van der Waals surface area contributed by atoms with Gasteiger partial charge in [-0.05, 0) is 29.7 Å². The third-order valence-electron chi connectivity index (χ3n) is 4.65. The van der Waals surface area contributed by atoms with Gasteiger partial charge in [0, 0.05) is 12.1 Å². The predicted octanol–water partition coefficient (Wildman–Crippen LogP) is 4.74. The van der Waals surface area contributed by atoms with Gasteiger partial charge in [-0.15, -0.1) is 0 Å². The number of aryl methyl sites for hydroxylation is 1. The highest BCUT2D eigenvalue weighted by Gasteiger charge is 2.37. The summed E-state index contributed by atoms with van der Waals surface area (Å²) in [4.78, 5) is 15.0. The van der Waals surface area contributed by atoms with Gasteiger partial charge in [-0.3, -0.25) is 4.79 Å². The molecule has 1 amide bonds. The fourth-order valence-corrected chi connectivity index (χ4v) is 3.42. The molecule has 1 aliphatic rings. The Hall–Kier alpha value is -2.87. The van der Waals surface area contributed by atoms with E-state index in [9.17, 15) is 4.79 Å². The highest BCUT2D eigenvalue weighted by molar-refractivity contribution is 5.99. The molecule has 0 spiro atoms. The molecule has 118 valence electrons. The van der Waals surface area contributed by atoms with Gasteiger partial charge in [-0.25, -0.2) is 0 Å². The number of hydrogen-bond acceptors (Lipinski definition) is 1. The molecule has 24 heavy (non-hydrogen) atoms. The van der Waals surface area contributed by atoms with E-state index >= 15 is 0 Å².